The first-order valence-corrected chi connectivity index (χ1v) is 7.19. The first-order valence-electron chi connectivity index (χ1n) is 7.19. The van der Waals surface area contributed by atoms with Gasteiger partial charge in [0, 0.05) is 5.56 Å². The number of hydrogen-bond acceptors (Lipinski definition) is 5. The van der Waals surface area contributed by atoms with Crippen LogP contribution in [-0.4, -0.2) is 25.0 Å². The van der Waals surface area contributed by atoms with Gasteiger partial charge < -0.3 is 13.9 Å². The normalized spacial score (nSPS) is 10.0. The lowest BCUT2D eigenvalue weighted by atomic mass is 10.2. The summed E-state index contributed by atoms with van der Waals surface area (Å²) in [5.41, 5.74) is 4.91. The molecule has 23 heavy (non-hydrogen) atoms. The van der Waals surface area contributed by atoms with E-state index in [0.29, 0.717) is 30.3 Å². The first-order chi connectivity index (χ1) is 11.2. The van der Waals surface area contributed by atoms with Gasteiger partial charge in [-0.15, -0.1) is 0 Å². The monoisotopic (exact) mass is 318 g/mol. The number of nitrogens with one attached hydrogen (secondary N) is 2. The number of hydrazine groups is 1. The lowest BCUT2D eigenvalue weighted by Gasteiger charge is -2.12. The third kappa shape index (κ3) is 4.26. The molecule has 1 aromatic carbocycles. The van der Waals surface area contributed by atoms with E-state index in [9.17, 15) is 9.59 Å². The van der Waals surface area contributed by atoms with Crippen molar-refractivity contribution in [3.05, 3.63) is 47.9 Å². The molecule has 2 amide bonds. The molecule has 2 N–H and O–H groups in total. The van der Waals surface area contributed by atoms with Crippen LogP contribution < -0.4 is 20.3 Å². The van der Waals surface area contributed by atoms with E-state index in [1.165, 1.54) is 12.3 Å². The van der Waals surface area contributed by atoms with Crippen LogP contribution in [0.25, 0.3) is 0 Å². The average Bonchev–Trinajstić information content (AvgIpc) is 3.09. The van der Waals surface area contributed by atoms with Crippen LogP contribution >= 0.6 is 0 Å². The summed E-state index contributed by atoms with van der Waals surface area (Å²) in [5, 5.41) is 0. The predicted octanol–water partition coefficient (Wildman–Crippen LogP) is 2.15. The highest BCUT2D eigenvalue weighted by Crippen LogP contribution is 2.28. The molecule has 0 saturated carbocycles. The minimum Gasteiger partial charge on any atom is -0.490 e. The van der Waals surface area contributed by atoms with E-state index in [1.807, 2.05) is 13.8 Å². The fourth-order valence-electron chi connectivity index (χ4n) is 1.85. The molecule has 2 rings (SSSR count). The first kappa shape index (κ1) is 16.4. The van der Waals surface area contributed by atoms with E-state index in [0.717, 1.165) is 0 Å². The third-order valence-corrected chi connectivity index (χ3v) is 2.84. The van der Waals surface area contributed by atoms with E-state index in [1.54, 1.807) is 24.3 Å². The van der Waals surface area contributed by atoms with Crippen molar-refractivity contribution in [1.82, 2.24) is 10.9 Å². The van der Waals surface area contributed by atoms with Crippen molar-refractivity contribution in [2.75, 3.05) is 13.2 Å². The molecule has 0 saturated heterocycles. The van der Waals surface area contributed by atoms with Crippen LogP contribution in [0.2, 0.25) is 0 Å². The van der Waals surface area contributed by atoms with Crippen LogP contribution in [0.4, 0.5) is 0 Å². The van der Waals surface area contributed by atoms with E-state index in [2.05, 4.69) is 10.9 Å². The largest absolute Gasteiger partial charge is 0.490 e. The molecule has 0 spiro atoms. The summed E-state index contributed by atoms with van der Waals surface area (Å²) in [7, 11) is 0. The van der Waals surface area contributed by atoms with Gasteiger partial charge in [-0.3, -0.25) is 20.4 Å². The van der Waals surface area contributed by atoms with E-state index >= 15 is 0 Å². The van der Waals surface area contributed by atoms with Crippen molar-refractivity contribution >= 4 is 11.8 Å². The van der Waals surface area contributed by atoms with Crippen molar-refractivity contribution in [2.24, 2.45) is 0 Å². The second kappa shape index (κ2) is 7.88. The van der Waals surface area contributed by atoms with Crippen LogP contribution in [0.3, 0.4) is 0 Å². The van der Waals surface area contributed by atoms with Crippen molar-refractivity contribution in [2.45, 2.75) is 13.8 Å². The lowest BCUT2D eigenvalue weighted by molar-refractivity contribution is 0.0830. The van der Waals surface area contributed by atoms with Crippen molar-refractivity contribution < 1.29 is 23.5 Å². The molecule has 0 atom stereocenters. The molecule has 122 valence electrons. The molecule has 7 heteroatoms. The molecule has 1 heterocycles. The molecule has 2 aromatic rings. The standard InChI is InChI=1S/C16H18N2O5/c1-3-21-12-8-7-11(10-14(12)22-4-2)15(19)17-18-16(20)13-6-5-9-23-13/h5-10H,3-4H2,1-2H3,(H,17,19)(H,18,20). The summed E-state index contributed by atoms with van der Waals surface area (Å²) in [6, 6.07) is 7.87. The summed E-state index contributed by atoms with van der Waals surface area (Å²) in [6.07, 6.45) is 1.37. The number of furan rings is 1. The number of ether oxygens (including phenoxy) is 2. The van der Waals surface area contributed by atoms with Gasteiger partial charge in [0.2, 0.25) is 0 Å². The third-order valence-electron chi connectivity index (χ3n) is 2.84. The van der Waals surface area contributed by atoms with Gasteiger partial charge in [0.15, 0.2) is 17.3 Å². The Kier molecular flexibility index (Phi) is 5.62. The maximum atomic E-state index is 12.1. The molecule has 0 bridgehead atoms. The Bertz CT molecular complexity index is 667. The van der Waals surface area contributed by atoms with Gasteiger partial charge in [-0.1, -0.05) is 0 Å². The summed E-state index contributed by atoms with van der Waals surface area (Å²) in [5.74, 6) is 0.116. The molecule has 0 unspecified atom stereocenters. The Labute approximate surface area is 133 Å². The fourth-order valence-corrected chi connectivity index (χ4v) is 1.85. The molecule has 7 nitrogen and oxygen atoms in total. The van der Waals surface area contributed by atoms with Crippen LogP contribution in [-0.2, 0) is 0 Å². The quantitative estimate of drug-likeness (QED) is 0.797. The van der Waals surface area contributed by atoms with E-state index < -0.39 is 11.8 Å². The highest BCUT2D eigenvalue weighted by atomic mass is 16.5. The van der Waals surface area contributed by atoms with Crippen LogP contribution in [0.15, 0.2) is 41.0 Å². The fraction of sp³-hybridized carbons (Fsp3) is 0.250. The summed E-state index contributed by atoms with van der Waals surface area (Å²) < 4.78 is 15.8. The number of carbonyl (C=O) groups is 2. The van der Waals surface area contributed by atoms with Crippen LogP contribution in [0.1, 0.15) is 34.8 Å². The minimum absolute atomic E-state index is 0.104. The number of benzene rings is 1. The van der Waals surface area contributed by atoms with Crippen LogP contribution in [0.5, 0.6) is 11.5 Å². The number of hydrogen-bond donors (Lipinski definition) is 2. The van der Waals surface area contributed by atoms with Gasteiger partial charge in [0.05, 0.1) is 19.5 Å². The molecular weight excluding hydrogens is 300 g/mol. The highest BCUT2D eigenvalue weighted by Gasteiger charge is 2.13. The molecular formula is C16H18N2O5. The number of carbonyl (C=O) groups excluding carboxylic acids is 2. The average molecular weight is 318 g/mol. The predicted molar refractivity (Wildman–Crippen MR) is 82.4 cm³/mol. The summed E-state index contributed by atoms with van der Waals surface area (Å²) in [4.78, 5) is 23.8. The van der Waals surface area contributed by atoms with Crippen LogP contribution in [0, 0.1) is 0 Å². The second-order valence-corrected chi connectivity index (χ2v) is 4.41. The zero-order chi connectivity index (χ0) is 16.7. The molecule has 1 aromatic heterocycles. The summed E-state index contributed by atoms with van der Waals surface area (Å²) >= 11 is 0. The van der Waals surface area contributed by atoms with Gasteiger partial charge in [-0.2, -0.15) is 0 Å². The van der Waals surface area contributed by atoms with Crippen molar-refractivity contribution in [1.29, 1.82) is 0 Å². The number of rotatable bonds is 6. The molecule has 0 aliphatic heterocycles. The van der Waals surface area contributed by atoms with Gasteiger partial charge in [-0.25, -0.2) is 0 Å². The zero-order valence-corrected chi connectivity index (χ0v) is 12.9. The second-order valence-electron chi connectivity index (χ2n) is 4.41. The lowest BCUT2D eigenvalue weighted by Crippen LogP contribution is -2.41. The van der Waals surface area contributed by atoms with Crippen molar-refractivity contribution in [3.63, 3.8) is 0 Å². The Balaban J connectivity index is 2.03. The van der Waals surface area contributed by atoms with Gasteiger partial charge in [-0.05, 0) is 44.2 Å². The Morgan fingerprint density at radius 3 is 2.35 bits per heavy atom. The highest BCUT2D eigenvalue weighted by molar-refractivity contribution is 5.98. The maximum Gasteiger partial charge on any atom is 0.305 e. The Morgan fingerprint density at radius 1 is 1.00 bits per heavy atom. The molecule has 0 aliphatic carbocycles. The molecule has 0 fully saturated rings. The molecule has 0 aliphatic rings. The Morgan fingerprint density at radius 2 is 1.70 bits per heavy atom. The van der Waals surface area contributed by atoms with Gasteiger partial charge in [0.1, 0.15) is 0 Å². The van der Waals surface area contributed by atoms with E-state index in [-0.39, 0.29) is 5.76 Å². The smallest absolute Gasteiger partial charge is 0.305 e. The van der Waals surface area contributed by atoms with Gasteiger partial charge in [0.25, 0.3) is 5.91 Å². The summed E-state index contributed by atoms with van der Waals surface area (Å²) in [6.45, 7) is 4.64. The maximum absolute atomic E-state index is 12.1. The SMILES string of the molecule is CCOc1ccc(C(=O)NNC(=O)c2ccco2)cc1OCC. The Hall–Kier alpha value is -2.96. The zero-order valence-electron chi connectivity index (χ0n) is 12.9. The van der Waals surface area contributed by atoms with E-state index in [4.69, 9.17) is 13.9 Å². The van der Waals surface area contributed by atoms with Gasteiger partial charge >= 0.3 is 5.91 Å². The molecule has 0 radical (unpaired) electrons. The topological polar surface area (TPSA) is 89.8 Å². The number of amides is 2. The minimum atomic E-state index is -0.542. The van der Waals surface area contributed by atoms with Crippen molar-refractivity contribution in [3.8, 4) is 11.5 Å².